The van der Waals surface area contributed by atoms with E-state index in [1.165, 1.54) is 6.42 Å². The average molecular weight is 182 g/mol. The summed E-state index contributed by atoms with van der Waals surface area (Å²) in [4.78, 5) is 3.95. The van der Waals surface area contributed by atoms with Gasteiger partial charge in [0.1, 0.15) is 0 Å². The first-order valence-corrected chi connectivity index (χ1v) is 4.63. The molecule has 0 amide bonds. The largest absolute Gasteiger partial charge is 0.365 e. The summed E-state index contributed by atoms with van der Waals surface area (Å²) in [5.74, 6) is 1.65. The second kappa shape index (κ2) is 3.74. The fourth-order valence-corrected chi connectivity index (χ4v) is 1.66. The second-order valence-electron chi connectivity index (χ2n) is 3.44. The van der Waals surface area contributed by atoms with Crippen LogP contribution in [0.5, 0.6) is 0 Å². The van der Waals surface area contributed by atoms with Crippen molar-refractivity contribution in [3.63, 3.8) is 0 Å². The molecule has 2 rings (SSSR count). The van der Waals surface area contributed by atoms with E-state index in [1.54, 1.807) is 0 Å². The molecule has 1 aromatic heterocycles. The van der Waals surface area contributed by atoms with Gasteiger partial charge < -0.3 is 15.6 Å². The Kier molecular flexibility index (Phi) is 2.44. The number of nitrogens with one attached hydrogen (secondary N) is 1. The fourth-order valence-electron chi connectivity index (χ4n) is 1.66. The van der Waals surface area contributed by atoms with E-state index >= 15 is 0 Å². The summed E-state index contributed by atoms with van der Waals surface area (Å²) in [6.07, 6.45) is 3.20. The molecule has 0 radical (unpaired) electrons. The summed E-state index contributed by atoms with van der Waals surface area (Å²) in [6.45, 7) is 2.25. The van der Waals surface area contributed by atoms with E-state index in [2.05, 4.69) is 15.5 Å². The Labute approximate surface area is 76.7 Å². The van der Waals surface area contributed by atoms with Crippen LogP contribution in [-0.4, -0.2) is 23.2 Å². The molecule has 0 aliphatic carbocycles. The van der Waals surface area contributed by atoms with Crippen LogP contribution >= 0.6 is 0 Å². The first-order chi connectivity index (χ1) is 6.34. The van der Waals surface area contributed by atoms with Crippen LogP contribution in [0.3, 0.4) is 0 Å². The minimum absolute atomic E-state index is 0.236. The Morgan fingerprint density at radius 2 is 2.54 bits per heavy atom. The van der Waals surface area contributed by atoms with Gasteiger partial charge in [0.25, 0.3) is 5.95 Å². The van der Waals surface area contributed by atoms with E-state index in [9.17, 15) is 0 Å². The van der Waals surface area contributed by atoms with Gasteiger partial charge in [-0.3, -0.25) is 0 Å². The number of anilines is 1. The van der Waals surface area contributed by atoms with Crippen molar-refractivity contribution < 1.29 is 4.52 Å². The minimum atomic E-state index is 0.236. The molecule has 1 aromatic rings. The maximum absolute atomic E-state index is 5.33. The number of nitrogens with zero attached hydrogens (tertiary/aromatic N) is 2. The van der Waals surface area contributed by atoms with Crippen molar-refractivity contribution >= 4 is 5.95 Å². The molecule has 1 atom stereocenters. The van der Waals surface area contributed by atoms with Crippen molar-refractivity contribution in [2.45, 2.75) is 19.3 Å². The number of aromatic nitrogens is 2. The van der Waals surface area contributed by atoms with Crippen molar-refractivity contribution in [3.8, 4) is 0 Å². The highest BCUT2D eigenvalue weighted by Gasteiger charge is 2.15. The highest BCUT2D eigenvalue weighted by molar-refractivity contribution is 5.10. The molecule has 5 nitrogen and oxygen atoms in total. The molecule has 1 fully saturated rings. The molecular formula is C8H14N4O. The standard InChI is InChI=1S/C8H14N4O/c9-8-11-7(13-12-8)2-1-6-3-4-10-5-6/h6,10H,1-5H2,(H2,9,12). The van der Waals surface area contributed by atoms with Crippen molar-refractivity contribution in [2.24, 2.45) is 5.92 Å². The van der Waals surface area contributed by atoms with Gasteiger partial charge in [-0.25, -0.2) is 0 Å². The smallest absolute Gasteiger partial charge is 0.260 e. The Morgan fingerprint density at radius 1 is 1.62 bits per heavy atom. The number of aryl methyl sites for hydroxylation is 1. The molecule has 2 heterocycles. The monoisotopic (exact) mass is 182 g/mol. The zero-order valence-corrected chi connectivity index (χ0v) is 7.49. The van der Waals surface area contributed by atoms with Gasteiger partial charge in [-0.1, -0.05) is 0 Å². The second-order valence-corrected chi connectivity index (χ2v) is 3.44. The molecule has 1 saturated heterocycles. The quantitative estimate of drug-likeness (QED) is 0.698. The maximum Gasteiger partial charge on any atom is 0.260 e. The molecule has 72 valence electrons. The summed E-state index contributed by atoms with van der Waals surface area (Å²) >= 11 is 0. The maximum atomic E-state index is 5.33. The van der Waals surface area contributed by atoms with Crippen LogP contribution in [0.15, 0.2) is 4.52 Å². The van der Waals surface area contributed by atoms with Gasteiger partial charge in [0, 0.05) is 6.42 Å². The molecule has 0 aromatic carbocycles. The third kappa shape index (κ3) is 2.18. The summed E-state index contributed by atoms with van der Waals surface area (Å²) in [5, 5.41) is 6.86. The Morgan fingerprint density at radius 3 is 3.15 bits per heavy atom. The van der Waals surface area contributed by atoms with Gasteiger partial charge in [0.15, 0.2) is 0 Å². The zero-order valence-electron chi connectivity index (χ0n) is 7.49. The molecule has 1 aliphatic heterocycles. The van der Waals surface area contributed by atoms with E-state index in [-0.39, 0.29) is 5.95 Å². The molecule has 0 saturated carbocycles. The van der Waals surface area contributed by atoms with E-state index in [0.717, 1.165) is 31.8 Å². The predicted octanol–water partition coefficient (Wildman–Crippen LogP) is 0.194. The summed E-state index contributed by atoms with van der Waals surface area (Å²) in [6, 6.07) is 0. The average Bonchev–Trinajstić information content (AvgIpc) is 2.71. The Bertz CT molecular complexity index is 267. The van der Waals surface area contributed by atoms with E-state index in [1.807, 2.05) is 0 Å². The Hall–Kier alpha value is -1.10. The molecule has 3 N–H and O–H groups in total. The molecule has 1 unspecified atom stereocenters. The van der Waals surface area contributed by atoms with Crippen LogP contribution in [0.2, 0.25) is 0 Å². The lowest BCUT2D eigenvalue weighted by atomic mass is 10.0. The van der Waals surface area contributed by atoms with Crippen LogP contribution < -0.4 is 11.1 Å². The normalized spacial score (nSPS) is 22.3. The lowest BCUT2D eigenvalue weighted by Crippen LogP contribution is -2.09. The SMILES string of the molecule is Nc1noc(CCC2CCNC2)n1. The van der Waals surface area contributed by atoms with Crippen LogP contribution in [0.4, 0.5) is 5.95 Å². The minimum Gasteiger partial charge on any atom is -0.365 e. The summed E-state index contributed by atoms with van der Waals surface area (Å²) in [5.41, 5.74) is 5.33. The third-order valence-electron chi connectivity index (χ3n) is 2.41. The van der Waals surface area contributed by atoms with Gasteiger partial charge in [0.2, 0.25) is 5.89 Å². The summed E-state index contributed by atoms with van der Waals surface area (Å²) in [7, 11) is 0. The van der Waals surface area contributed by atoms with Gasteiger partial charge in [-0.15, -0.1) is 0 Å². The summed E-state index contributed by atoms with van der Waals surface area (Å²) < 4.78 is 4.92. The van der Waals surface area contributed by atoms with Crippen LogP contribution in [0, 0.1) is 5.92 Å². The van der Waals surface area contributed by atoms with E-state index in [0.29, 0.717) is 5.89 Å². The van der Waals surface area contributed by atoms with Gasteiger partial charge in [0.05, 0.1) is 0 Å². The van der Waals surface area contributed by atoms with Crippen LogP contribution in [0.25, 0.3) is 0 Å². The van der Waals surface area contributed by atoms with Crippen molar-refractivity contribution in [1.29, 1.82) is 0 Å². The number of hydrogen-bond donors (Lipinski definition) is 2. The number of rotatable bonds is 3. The highest BCUT2D eigenvalue weighted by Crippen LogP contribution is 2.15. The van der Waals surface area contributed by atoms with Crippen molar-refractivity contribution in [3.05, 3.63) is 5.89 Å². The van der Waals surface area contributed by atoms with E-state index < -0.39 is 0 Å². The Balaban J connectivity index is 1.78. The van der Waals surface area contributed by atoms with Crippen LogP contribution in [-0.2, 0) is 6.42 Å². The third-order valence-corrected chi connectivity index (χ3v) is 2.41. The lowest BCUT2D eigenvalue weighted by molar-refractivity contribution is 0.365. The molecule has 13 heavy (non-hydrogen) atoms. The first kappa shape index (κ1) is 8.50. The highest BCUT2D eigenvalue weighted by atomic mass is 16.5. The van der Waals surface area contributed by atoms with Gasteiger partial charge >= 0.3 is 0 Å². The van der Waals surface area contributed by atoms with Gasteiger partial charge in [-0.2, -0.15) is 4.98 Å². The van der Waals surface area contributed by atoms with Crippen molar-refractivity contribution in [1.82, 2.24) is 15.5 Å². The molecule has 5 heteroatoms. The lowest BCUT2D eigenvalue weighted by Gasteiger charge is -2.03. The topological polar surface area (TPSA) is 77.0 Å². The molecular weight excluding hydrogens is 168 g/mol. The number of nitrogens with two attached hydrogens (primary N) is 1. The molecule has 0 spiro atoms. The number of nitrogen functional groups attached to an aromatic ring is 1. The number of hydrogen-bond acceptors (Lipinski definition) is 5. The molecule has 1 aliphatic rings. The first-order valence-electron chi connectivity index (χ1n) is 4.63. The zero-order chi connectivity index (χ0) is 9.10. The van der Waals surface area contributed by atoms with E-state index in [4.69, 9.17) is 10.3 Å². The van der Waals surface area contributed by atoms with Crippen molar-refractivity contribution in [2.75, 3.05) is 18.8 Å². The predicted molar refractivity (Wildman–Crippen MR) is 48.0 cm³/mol. The van der Waals surface area contributed by atoms with Crippen LogP contribution in [0.1, 0.15) is 18.7 Å². The van der Waals surface area contributed by atoms with Gasteiger partial charge in [-0.05, 0) is 37.0 Å². The molecule has 0 bridgehead atoms. The fraction of sp³-hybridized carbons (Fsp3) is 0.750.